The van der Waals surface area contributed by atoms with Crippen molar-refractivity contribution in [3.63, 3.8) is 0 Å². The van der Waals surface area contributed by atoms with Gasteiger partial charge in [0.2, 0.25) is 5.91 Å². The number of carbonyl (C=O) groups excluding carboxylic acids is 1. The van der Waals surface area contributed by atoms with Crippen LogP contribution in [0.1, 0.15) is 6.42 Å². The van der Waals surface area contributed by atoms with Gasteiger partial charge in [-0.2, -0.15) is 0 Å². The average molecular weight is 364 g/mol. The minimum atomic E-state index is -0.00964. The van der Waals surface area contributed by atoms with E-state index in [2.05, 4.69) is 0 Å². The summed E-state index contributed by atoms with van der Waals surface area (Å²) in [7, 11) is 3.33. The van der Waals surface area contributed by atoms with Crippen LogP contribution >= 0.6 is 11.6 Å². The number of para-hydroxylation sites is 2. The Morgan fingerprint density at radius 1 is 1.04 bits per heavy atom. The molecule has 0 aliphatic rings. The summed E-state index contributed by atoms with van der Waals surface area (Å²) in [6.07, 6.45) is 0.283. The van der Waals surface area contributed by atoms with E-state index in [1.807, 2.05) is 36.4 Å². The first kappa shape index (κ1) is 18.9. The predicted molar refractivity (Wildman–Crippen MR) is 97.7 cm³/mol. The number of rotatable bonds is 9. The molecule has 2 aromatic rings. The molecule has 25 heavy (non-hydrogen) atoms. The zero-order chi connectivity index (χ0) is 18.1. The van der Waals surface area contributed by atoms with Crippen LogP contribution < -0.4 is 14.2 Å². The minimum Gasteiger partial charge on any atom is -0.493 e. The second-order valence-corrected chi connectivity index (χ2v) is 5.81. The van der Waals surface area contributed by atoms with Gasteiger partial charge in [-0.3, -0.25) is 4.79 Å². The van der Waals surface area contributed by atoms with Crippen molar-refractivity contribution in [1.82, 2.24) is 4.90 Å². The molecular weight excluding hydrogens is 342 g/mol. The highest BCUT2D eigenvalue weighted by molar-refractivity contribution is 6.30. The molecule has 0 bridgehead atoms. The maximum absolute atomic E-state index is 12.1. The first-order valence-corrected chi connectivity index (χ1v) is 8.36. The molecule has 0 saturated carbocycles. The van der Waals surface area contributed by atoms with Crippen molar-refractivity contribution in [2.45, 2.75) is 6.42 Å². The van der Waals surface area contributed by atoms with Crippen LogP contribution in [0.3, 0.4) is 0 Å². The Bertz CT molecular complexity index is 693. The molecule has 2 aromatic carbocycles. The fourth-order valence-electron chi connectivity index (χ4n) is 2.16. The van der Waals surface area contributed by atoms with Crippen LogP contribution in [0.5, 0.6) is 17.2 Å². The van der Waals surface area contributed by atoms with Gasteiger partial charge in [-0.1, -0.05) is 29.8 Å². The second-order valence-electron chi connectivity index (χ2n) is 5.37. The molecule has 2 rings (SSSR count). The molecular formula is C19H22ClNO4. The molecule has 0 radical (unpaired) electrons. The Balaban J connectivity index is 1.69. The van der Waals surface area contributed by atoms with Crippen molar-refractivity contribution in [3.8, 4) is 17.2 Å². The highest BCUT2D eigenvalue weighted by atomic mass is 35.5. The van der Waals surface area contributed by atoms with Crippen molar-refractivity contribution in [1.29, 1.82) is 0 Å². The zero-order valence-corrected chi connectivity index (χ0v) is 15.2. The number of likely N-dealkylation sites (N-methyl/N-ethyl adjacent to an activating group) is 1. The molecule has 0 spiro atoms. The molecule has 5 nitrogen and oxygen atoms in total. The number of benzene rings is 2. The average Bonchev–Trinajstić information content (AvgIpc) is 2.62. The number of hydrogen-bond donors (Lipinski definition) is 0. The van der Waals surface area contributed by atoms with Gasteiger partial charge in [-0.05, 0) is 30.3 Å². The van der Waals surface area contributed by atoms with Crippen molar-refractivity contribution >= 4 is 17.5 Å². The molecule has 134 valence electrons. The molecule has 0 aliphatic carbocycles. The lowest BCUT2D eigenvalue weighted by atomic mass is 10.3. The summed E-state index contributed by atoms with van der Waals surface area (Å²) in [5.41, 5.74) is 0. The Kier molecular flexibility index (Phi) is 7.41. The minimum absolute atomic E-state index is 0.00964. The highest BCUT2D eigenvalue weighted by Crippen LogP contribution is 2.25. The fraction of sp³-hybridized carbons (Fsp3) is 0.316. The summed E-state index contributed by atoms with van der Waals surface area (Å²) < 4.78 is 16.4. The van der Waals surface area contributed by atoms with Gasteiger partial charge >= 0.3 is 0 Å². The summed E-state index contributed by atoms with van der Waals surface area (Å²) in [5.74, 6) is 1.96. The van der Waals surface area contributed by atoms with Crippen LogP contribution in [-0.2, 0) is 4.79 Å². The van der Waals surface area contributed by atoms with E-state index < -0.39 is 0 Å². The lowest BCUT2D eigenvalue weighted by Crippen LogP contribution is -2.31. The van der Waals surface area contributed by atoms with Gasteiger partial charge in [0.1, 0.15) is 12.4 Å². The van der Waals surface area contributed by atoms with Crippen LogP contribution in [0.2, 0.25) is 5.02 Å². The fourth-order valence-corrected chi connectivity index (χ4v) is 2.34. The van der Waals surface area contributed by atoms with Crippen LogP contribution in [0.25, 0.3) is 0 Å². The lowest BCUT2D eigenvalue weighted by Gasteiger charge is -2.18. The van der Waals surface area contributed by atoms with Gasteiger partial charge in [0.15, 0.2) is 11.5 Å². The van der Waals surface area contributed by atoms with Gasteiger partial charge in [0.25, 0.3) is 0 Å². The second kappa shape index (κ2) is 9.79. The van der Waals surface area contributed by atoms with Gasteiger partial charge in [0, 0.05) is 12.1 Å². The molecule has 1 amide bonds. The van der Waals surface area contributed by atoms with Gasteiger partial charge in [-0.15, -0.1) is 0 Å². The van der Waals surface area contributed by atoms with E-state index in [1.165, 1.54) is 0 Å². The number of hydrogen-bond acceptors (Lipinski definition) is 4. The Labute approximate surface area is 153 Å². The lowest BCUT2D eigenvalue weighted by molar-refractivity contribution is -0.130. The van der Waals surface area contributed by atoms with E-state index in [4.69, 9.17) is 25.8 Å². The molecule has 0 aromatic heterocycles. The smallest absolute Gasteiger partial charge is 0.225 e. The van der Waals surface area contributed by atoms with Gasteiger partial charge in [0.05, 0.1) is 26.7 Å². The maximum Gasteiger partial charge on any atom is 0.225 e. The van der Waals surface area contributed by atoms with Gasteiger partial charge < -0.3 is 19.1 Å². The van der Waals surface area contributed by atoms with E-state index in [9.17, 15) is 4.79 Å². The normalized spacial score (nSPS) is 10.2. The van der Waals surface area contributed by atoms with E-state index in [-0.39, 0.29) is 12.3 Å². The third kappa shape index (κ3) is 6.19. The molecule has 0 N–H and O–H groups in total. The molecule has 0 atom stereocenters. The quantitative estimate of drug-likeness (QED) is 0.682. The summed E-state index contributed by atoms with van der Waals surface area (Å²) >= 11 is 5.90. The number of carbonyl (C=O) groups is 1. The Hall–Kier alpha value is -2.40. The highest BCUT2D eigenvalue weighted by Gasteiger charge is 2.10. The molecule has 0 fully saturated rings. The maximum atomic E-state index is 12.1. The number of ether oxygens (including phenoxy) is 3. The third-order valence-corrected chi connectivity index (χ3v) is 3.79. The van der Waals surface area contributed by atoms with E-state index in [1.54, 1.807) is 31.2 Å². The van der Waals surface area contributed by atoms with Crippen LogP contribution in [0.4, 0.5) is 0 Å². The topological polar surface area (TPSA) is 48.0 Å². The standard InChI is InChI=1S/C19H22ClNO4/c1-21(11-13-24-16-7-5-6-15(20)14-16)19(22)10-12-25-18-9-4-3-8-17(18)23-2/h3-9,14H,10-13H2,1-2H3. The number of halogens is 1. The molecule has 6 heteroatoms. The number of amides is 1. The summed E-state index contributed by atoms with van der Waals surface area (Å²) in [6.45, 7) is 1.18. The summed E-state index contributed by atoms with van der Waals surface area (Å²) in [4.78, 5) is 13.7. The Morgan fingerprint density at radius 2 is 1.80 bits per heavy atom. The zero-order valence-electron chi connectivity index (χ0n) is 14.4. The van der Waals surface area contributed by atoms with Crippen molar-refractivity contribution in [2.75, 3.05) is 33.9 Å². The summed E-state index contributed by atoms with van der Waals surface area (Å²) in [5, 5.41) is 0.621. The molecule has 0 saturated heterocycles. The van der Waals surface area contributed by atoms with Crippen molar-refractivity contribution in [3.05, 3.63) is 53.6 Å². The monoisotopic (exact) mass is 363 g/mol. The molecule has 0 unspecified atom stereocenters. The van der Waals surface area contributed by atoms with Crippen LogP contribution in [0.15, 0.2) is 48.5 Å². The first-order valence-electron chi connectivity index (χ1n) is 7.98. The van der Waals surface area contributed by atoms with Crippen molar-refractivity contribution in [2.24, 2.45) is 0 Å². The predicted octanol–water partition coefficient (Wildman–Crippen LogP) is 3.65. The van der Waals surface area contributed by atoms with Crippen LogP contribution in [0, 0.1) is 0 Å². The number of methoxy groups -OCH3 is 1. The summed E-state index contributed by atoms with van der Waals surface area (Å²) in [6, 6.07) is 14.5. The van der Waals surface area contributed by atoms with Crippen LogP contribution in [-0.4, -0.2) is 44.7 Å². The Morgan fingerprint density at radius 3 is 2.52 bits per heavy atom. The SMILES string of the molecule is COc1ccccc1OCCC(=O)N(C)CCOc1cccc(Cl)c1. The third-order valence-electron chi connectivity index (χ3n) is 3.56. The van der Waals surface area contributed by atoms with E-state index >= 15 is 0 Å². The molecule has 0 aliphatic heterocycles. The van der Waals surface area contributed by atoms with E-state index in [0.29, 0.717) is 42.0 Å². The molecule has 0 heterocycles. The van der Waals surface area contributed by atoms with Crippen molar-refractivity contribution < 1.29 is 19.0 Å². The van der Waals surface area contributed by atoms with E-state index in [0.717, 1.165) is 0 Å². The largest absolute Gasteiger partial charge is 0.493 e. The number of nitrogens with zero attached hydrogens (tertiary/aromatic N) is 1. The van der Waals surface area contributed by atoms with Gasteiger partial charge in [-0.25, -0.2) is 0 Å². The first-order chi connectivity index (χ1) is 12.1.